The van der Waals surface area contributed by atoms with Gasteiger partial charge in [-0.25, -0.2) is 9.48 Å². The summed E-state index contributed by atoms with van der Waals surface area (Å²) < 4.78 is 1.68. The van der Waals surface area contributed by atoms with Crippen molar-refractivity contribution >= 4 is 29.0 Å². The van der Waals surface area contributed by atoms with Crippen molar-refractivity contribution in [3.05, 3.63) is 66.5 Å². The Morgan fingerprint density at radius 3 is 2.50 bits per heavy atom. The summed E-state index contributed by atoms with van der Waals surface area (Å²) in [4.78, 5) is 23.7. The lowest BCUT2D eigenvalue weighted by atomic mass is 10.2. The number of urea groups is 1. The molecule has 7 nitrogen and oxygen atoms in total. The quantitative estimate of drug-likeness (QED) is 0.670. The van der Waals surface area contributed by atoms with E-state index >= 15 is 0 Å². The molecule has 0 aliphatic carbocycles. The first-order valence-electron chi connectivity index (χ1n) is 8.08. The van der Waals surface area contributed by atoms with Crippen molar-refractivity contribution in [1.82, 2.24) is 9.78 Å². The standard InChI is InChI=1S/C19H19N5O2/c1-13-8-9-15(12-17(13)21-14(2)25)22-19(26)23-16-6-3-4-7-18(16)24-11-5-10-20-24/h3-12H,1-2H3,(H,21,25)(H2,22,23,26). The molecule has 0 spiro atoms. The van der Waals surface area contributed by atoms with E-state index in [0.717, 1.165) is 11.3 Å². The van der Waals surface area contributed by atoms with Crippen LogP contribution in [0, 0.1) is 6.92 Å². The van der Waals surface area contributed by atoms with Gasteiger partial charge in [0.25, 0.3) is 0 Å². The molecule has 3 amide bonds. The van der Waals surface area contributed by atoms with E-state index in [1.807, 2.05) is 37.3 Å². The highest BCUT2D eigenvalue weighted by atomic mass is 16.2. The molecule has 0 unspecified atom stereocenters. The van der Waals surface area contributed by atoms with Gasteiger partial charge in [-0.05, 0) is 42.8 Å². The highest BCUT2D eigenvalue weighted by Crippen LogP contribution is 2.22. The zero-order valence-electron chi connectivity index (χ0n) is 14.5. The fourth-order valence-electron chi connectivity index (χ4n) is 2.50. The maximum absolute atomic E-state index is 12.4. The van der Waals surface area contributed by atoms with Crippen LogP contribution in [0.5, 0.6) is 0 Å². The van der Waals surface area contributed by atoms with Crippen LogP contribution in [-0.2, 0) is 4.79 Å². The van der Waals surface area contributed by atoms with E-state index < -0.39 is 0 Å². The summed E-state index contributed by atoms with van der Waals surface area (Å²) >= 11 is 0. The fraction of sp³-hybridized carbons (Fsp3) is 0.105. The second-order valence-electron chi connectivity index (χ2n) is 5.76. The number of para-hydroxylation sites is 2. The molecule has 0 fully saturated rings. The molecular formula is C19H19N5O2. The Morgan fingerprint density at radius 1 is 0.962 bits per heavy atom. The van der Waals surface area contributed by atoms with E-state index in [-0.39, 0.29) is 11.9 Å². The van der Waals surface area contributed by atoms with Crippen molar-refractivity contribution in [2.75, 3.05) is 16.0 Å². The van der Waals surface area contributed by atoms with Crippen LogP contribution in [0.1, 0.15) is 12.5 Å². The molecule has 3 rings (SSSR count). The van der Waals surface area contributed by atoms with E-state index in [1.54, 1.807) is 35.3 Å². The number of anilines is 3. The van der Waals surface area contributed by atoms with Crippen molar-refractivity contribution in [1.29, 1.82) is 0 Å². The monoisotopic (exact) mass is 349 g/mol. The third-order valence-electron chi connectivity index (χ3n) is 3.71. The first-order valence-corrected chi connectivity index (χ1v) is 8.08. The van der Waals surface area contributed by atoms with Crippen LogP contribution in [0.2, 0.25) is 0 Å². The van der Waals surface area contributed by atoms with Gasteiger partial charge in [0.1, 0.15) is 0 Å². The van der Waals surface area contributed by atoms with Gasteiger partial charge >= 0.3 is 6.03 Å². The molecule has 7 heteroatoms. The van der Waals surface area contributed by atoms with Crippen LogP contribution in [0.4, 0.5) is 21.9 Å². The number of carbonyl (C=O) groups excluding carboxylic acids is 2. The number of amides is 3. The van der Waals surface area contributed by atoms with Crippen LogP contribution in [-0.4, -0.2) is 21.7 Å². The third kappa shape index (κ3) is 4.07. The minimum absolute atomic E-state index is 0.164. The molecule has 0 bridgehead atoms. The Morgan fingerprint density at radius 2 is 1.77 bits per heavy atom. The van der Waals surface area contributed by atoms with Gasteiger partial charge in [0.2, 0.25) is 5.91 Å². The van der Waals surface area contributed by atoms with Gasteiger partial charge in [-0.3, -0.25) is 4.79 Å². The minimum Gasteiger partial charge on any atom is -0.326 e. The molecule has 3 aromatic rings. The van der Waals surface area contributed by atoms with E-state index in [0.29, 0.717) is 17.1 Å². The normalized spacial score (nSPS) is 10.2. The second kappa shape index (κ2) is 7.52. The van der Waals surface area contributed by atoms with E-state index in [2.05, 4.69) is 21.0 Å². The van der Waals surface area contributed by atoms with Gasteiger partial charge in [0.05, 0.1) is 11.4 Å². The molecule has 26 heavy (non-hydrogen) atoms. The summed E-state index contributed by atoms with van der Waals surface area (Å²) in [7, 11) is 0. The summed E-state index contributed by atoms with van der Waals surface area (Å²) in [6, 6.07) is 14.1. The lowest BCUT2D eigenvalue weighted by Gasteiger charge is -2.13. The highest BCUT2D eigenvalue weighted by molar-refractivity contribution is 6.01. The SMILES string of the molecule is CC(=O)Nc1cc(NC(=O)Nc2ccccc2-n2cccn2)ccc1C. The lowest BCUT2D eigenvalue weighted by molar-refractivity contribution is -0.114. The van der Waals surface area contributed by atoms with Crippen molar-refractivity contribution in [3.63, 3.8) is 0 Å². The average Bonchev–Trinajstić information content (AvgIpc) is 3.12. The van der Waals surface area contributed by atoms with Crippen molar-refractivity contribution < 1.29 is 9.59 Å². The number of hydrogen-bond donors (Lipinski definition) is 3. The first kappa shape index (κ1) is 17.2. The van der Waals surface area contributed by atoms with Gasteiger partial charge in [0.15, 0.2) is 0 Å². The smallest absolute Gasteiger partial charge is 0.323 e. The van der Waals surface area contributed by atoms with Gasteiger partial charge in [0, 0.05) is 30.7 Å². The maximum Gasteiger partial charge on any atom is 0.323 e. The first-order chi connectivity index (χ1) is 12.5. The van der Waals surface area contributed by atoms with Gasteiger partial charge in [-0.15, -0.1) is 0 Å². The summed E-state index contributed by atoms with van der Waals surface area (Å²) in [5.74, 6) is -0.164. The number of benzene rings is 2. The number of hydrogen-bond acceptors (Lipinski definition) is 3. The van der Waals surface area contributed by atoms with E-state index in [4.69, 9.17) is 0 Å². The molecule has 0 saturated carbocycles. The zero-order valence-corrected chi connectivity index (χ0v) is 14.5. The van der Waals surface area contributed by atoms with Crippen LogP contribution in [0.15, 0.2) is 60.9 Å². The number of nitrogens with one attached hydrogen (secondary N) is 3. The molecule has 132 valence electrons. The van der Waals surface area contributed by atoms with Crippen molar-refractivity contribution in [2.24, 2.45) is 0 Å². The lowest BCUT2D eigenvalue weighted by Crippen LogP contribution is -2.20. The number of rotatable bonds is 4. The van der Waals surface area contributed by atoms with Crippen LogP contribution in [0.25, 0.3) is 5.69 Å². The number of nitrogens with zero attached hydrogens (tertiary/aromatic N) is 2. The van der Waals surface area contributed by atoms with Gasteiger partial charge in [-0.2, -0.15) is 5.10 Å². The Hall–Kier alpha value is -3.61. The highest BCUT2D eigenvalue weighted by Gasteiger charge is 2.09. The van der Waals surface area contributed by atoms with Crippen LogP contribution < -0.4 is 16.0 Å². The number of aryl methyl sites for hydroxylation is 1. The molecule has 0 aliphatic rings. The minimum atomic E-state index is -0.387. The van der Waals surface area contributed by atoms with Gasteiger partial charge < -0.3 is 16.0 Å². The largest absolute Gasteiger partial charge is 0.326 e. The van der Waals surface area contributed by atoms with Crippen LogP contribution in [0.3, 0.4) is 0 Å². The molecule has 0 atom stereocenters. The second-order valence-corrected chi connectivity index (χ2v) is 5.76. The fourth-order valence-corrected chi connectivity index (χ4v) is 2.50. The average molecular weight is 349 g/mol. The Kier molecular flexibility index (Phi) is 4.98. The maximum atomic E-state index is 12.4. The Balaban J connectivity index is 1.75. The predicted octanol–water partition coefficient (Wildman–Crippen LogP) is 3.78. The Labute approximate surface area is 151 Å². The molecular weight excluding hydrogens is 330 g/mol. The summed E-state index contributed by atoms with van der Waals surface area (Å²) in [5, 5.41) is 12.5. The number of carbonyl (C=O) groups is 2. The van der Waals surface area contributed by atoms with Crippen molar-refractivity contribution in [2.45, 2.75) is 13.8 Å². The van der Waals surface area contributed by atoms with Crippen LogP contribution >= 0.6 is 0 Å². The molecule has 1 aromatic heterocycles. The van der Waals surface area contributed by atoms with Crippen molar-refractivity contribution in [3.8, 4) is 5.69 Å². The molecule has 0 saturated heterocycles. The third-order valence-corrected chi connectivity index (χ3v) is 3.71. The predicted molar refractivity (Wildman–Crippen MR) is 102 cm³/mol. The molecule has 1 heterocycles. The molecule has 0 aliphatic heterocycles. The van der Waals surface area contributed by atoms with E-state index in [9.17, 15) is 9.59 Å². The van der Waals surface area contributed by atoms with E-state index in [1.165, 1.54) is 6.92 Å². The molecule has 0 radical (unpaired) electrons. The number of aromatic nitrogens is 2. The topological polar surface area (TPSA) is 88.0 Å². The summed E-state index contributed by atoms with van der Waals surface area (Å²) in [6.45, 7) is 3.33. The molecule has 3 N–H and O–H groups in total. The Bertz CT molecular complexity index is 935. The summed E-state index contributed by atoms with van der Waals surface area (Å²) in [5.41, 5.74) is 3.54. The summed E-state index contributed by atoms with van der Waals surface area (Å²) in [6.07, 6.45) is 3.48. The zero-order chi connectivity index (χ0) is 18.5. The van der Waals surface area contributed by atoms with Gasteiger partial charge in [-0.1, -0.05) is 18.2 Å². The molecule has 2 aromatic carbocycles.